The molecule has 3 aromatic carbocycles. The highest BCUT2D eigenvalue weighted by Crippen LogP contribution is 2.37. The fraction of sp³-hybridized carbons (Fsp3) is 0.192. The van der Waals surface area contributed by atoms with E-state index in [1.165, 1.54) is 27.1 Å². The lowest BCUT2D eigenvalue weighted by atomic mass is 9.94. The Morgan fingerprint density at radius 2 is 1.58 bits per heavy atom. The molecule has 36 heavy (non-hydrogen) atoms. The van der Waals surface area contributed by atoms with Crippen LogP contribution in [0, 0.1) is 0 Å². The first-order valence-corrected chi connectivity index (χ1v) is 12.9. The monoisotopic (exact) mass is 503 g/mol. The zero-order valence-electron chi connectivity index (χ0n) is 19.2. The molecule has 0 saturated carbocycles. The number of carbonyl (C=O) groups excluding carboxylic acids is 2. The number of hydrogen-bond acceptors (Lipinski definition) is 6. The molecule has 0 fully saturated rings. The van der Waals surface area contributed by atoms with Gasteiger partial charge < -0.3 is 4.42 Å². The minimum Gasteiger partial charge on any atom is -0.408 e. The largest absolute Gasteiger partial charge is 0.419 e. The molecule has 182 valence electrons. The second-order valence-electron chi connectivity index (χ2n) is 8.90. The highest BCUT2D eigenvalue weighted by molar-refractivity contribution is 7.89. The molecule has 6 rings (SSSR count). The van der Waals surface area contributed by atoms with E-state index in [0.717, 1.165) is 16.0 Å². The van der Waals surface area contributed by atoms with Gasteiger partial charge in [-0.05, 0) is 41.8 Å². The van der Waals surface area contributed by atoms with E-state index < -0.39 is 33.6 Å². The number of fused-ring (bicyclic) bond motifs is 3. The van der Waals surface area contributed by atoms with E-state index in [4.69, 9.17) is 4.42 Å². The first-order valence-electron chi connectivity index (χ1n) is 11.4. The Kier molecular flexibility index (Phi) is 4.99. The first kappa shape index (κ1) is 22.4. The smallest absolute Gasteiger partial charge is 0.408 e. The number of amides is 2. The molecule has 0 aliphatic carbocycles. The molecule has 3 heterocycles. The third-order valence-corrected chi connectivity index (χ3v) is 8.87. The summed E-state index contributed by atoms with van der Waals surface area (Å²) in [4.78, 5) is 39.2. The molecule has 2 aliphatic heterocycles. The van der Waals surface area contributed by atoms with Gasteiger partial charge in [-0.3, -0.25) is 19.1 Å². The Labute approximate surface area is 206 Å². The van der Waals surface area contributed by atoms with Gasteiger partial charge in [0.25, 0.3) is 11.8 Å². The number of imide groups is 1. The van der Waals surface area contributed by atoms with E-state index in [-0.39, 0.29) is 23.6 Å². The molecule has 1 unspecified atom stereocenters. The summed E-state index contributed by atoms with van der Waals surface area (Å²) >= 11 is 0. The Hall–Kier alpha value is -4.02. The summed E-state index contributed by atoms with van der Waals surface area (Å²) in [7, 11) is -2.54. The van der Waals surface area contributed by atoms with Crippen molar-refractivity contribution in [3.8, 4) is 0 Å². The average molecular weight is 504 g/mol. The van der Waals surface area contributed by atoms with Gasteiger partial charge in [0.1, 0.15) is 0 Å². The van der Waals surface area contributed by atoms with Crippen molar-refractivity contribution in [3.05, 3.63) is 99.5 Å². The van der Waals surface area contributed by atoms with Crippen LogP contribution in [0.5, 0.6) is 0 Å². The molecule has 2 amide bonds. The lowest BCUT2D eigenvalue weighted by Gasteiger charge is -2.37. The maximum Gasteiger partial charge on any atom is 0.419 e. The Balaban J connectivity index is 1.43. The van der Waals surface area contributed by atoms with E-state index in [9.17, 15) is 22.8 Å². The second kappa shape index (κ2) is 8.00. The second-order valence-corrected chi connectivity index (χ2v) is 10.8. The van der Waals surface area contributed by atoms with Gasteiger partial charge in [0.2, 0.25) is 10.0 Å². The summed E-state index contributed by atoms with van der Waals surface area (Å²) in [6.45, 7) is 0.0508. The Bertz CT molecular complexity index is 1700. The van der Waals surface area contributed by atoms with Gasteiger partial charge in [-0.1, -0.05) is 36.4 Å². The van der Waals surface area contributed by atoms with Crippen molar-refractivity contribution in [3.63, 3.8) is 0 Å². The van der Waals surface area contributed by atoms with Crippen LogP contribution in [0.25, 0.3) is 11.1 Å². The van der Waals surface area contributed by atoms with Gasteiger partial charge in [0.05, 0.1) is 34.1 Å². The predicted octanol–water partition coefficient (Wildman–Crippen LogP) is 2.72. The molecule has 10 heteroatoms. The SMILES string of the molecule is Cn1c(=O)oc2cc(S(=O)(=O)N3CCc4ccccc4C3CN3C(=O)c4ccccc4C3=O)ccc21. The third-order valence-electron chi connectivity index (χ3n) is 6.97. The zero-order valence-corrected chi connectivity index (χ0v) is 20.1. The van der Waals surface area contributed by atoms with Gasteiger partial charge in [-0.25, -0.2) is 13.2 Å². The third kappa shape index (κ3) is 3.25. The number of carbonyl (C=O) groups is 2. The molecule has 2 aliphatic rings. The van der Waals surface area contributed by atoms with Crippen LogP contribution in [-0.4, -0.2) is 47.1 Å². The average Bonchev–Trinajstić information content (AvgIpc) is 3.31. The van der Waals surface area contributed by atoms with Gasteiger partial charge in [0.15, 0.2) is 5.58 Å². The zero-order chi connectivity index (χ0) is 25.2. The summed E-state index contributed by atoms with van der Waals surface area (Å²) < 4.78 is 35.7. The molecule has 0 radical (unpaired) electrons. The minimum atomic E-state index is -4.08. The first-order chi connectivity index (χ1) is 17.3. The number of benzene rings is 3. The fourth-order valence-corrected chi connectivity index (χ4v) is 6.71. The summed E-state index contributed by atoms with van der Waals surface area (Å²) in [5.74, 6) is -1.47. The van der Waals surface area contributed by atoms with Crippen LogP contribution in [0.15, 0.2) is 80.8 Å². The van der Waals surface area contributed by atoms with Crippen molar-refractivity contribution >= 4 is 32.9 Å². The van der Waals surface area contributed by atoms with Crippen LogP contribution in [0.4, 0.5) is 0 Å². The molecule has 0 saturated heterocycles. The highest BCUT2D eigenvalue weighted by Gasteiger charge is 2.42. The molecule has 1 atom stereocenters. The number of sulfonamides is 1. The van der Waals surface area contributed by atoms with Gasteiger partial charge in [-0.15, -0.1) is 0 Å². The number of nitrogens with zero attached hydrogens (tertiary/aromatic N) is 3. The van der Waals surface area contributed by atoms with E-state index >= 15 is 0 Å². The molecule has 0 N–H and O–H groups in total. The van der Waals surface area contributed by atoms with Gasteiger partial charge in [0, 0.05) is 19.7 Å². The van der Waals surface area contributed by atoms with Crippen LogP contribution >= 0.6 is 0 Å². The molecular weight excluding hydrogens is 482 g/mol. The quantitative estimate of drug-likeness (QED) is 0.396. The van der Waals surface area contributed by atoms with Crippen molar-refractivity contribution in [1.29, 1.82) is 0 Å². The van der Waals surface area contributed by atoms with Crippen LogP contribution in [-0.2, 0) is 23.5 Å². The number of oxazole rings is 1. The van der Waals surface area contributed by atoms with Gasteiger partial charge >= 0.3 is 5.76 Å². The van der Waals surface area contributed by atoms with Crippen molar-refractivity contribution in [2.24, 2.45) is 7.05 Å². The van der Waals surface area contributed by atoms with Crippen LogP contribution in [0.2, 0.25) is 0 Å². The Morgan fingerprint density at radius 1 is 0.917 bits per heavy atom. The molecule has 9 nitrogen and oxygen atoms in total. The highest BCUT2D eigenvalue weighted by atomic mass is 32.2. The number of aryl methyl sites for hydroxylation is 1. The number of hydrogen-bond donors (Lipinski definition) is 0. The standard InChI is InChI=1S/C26H21N3O6S/c1-27-21-11-10-17(14-23(21)35-26(27)32)36(33,34)29-13-12-16-6-2-3-7-18(16)22(29)15-28-24(30)19-8-4-5-9-20(19)25(28)31/h2-11,14,22H,12-13,15H2,1H3. The van der Waals surface area contributed by atoms with Crippen LogP contribution < -0.4 is 5.76 Å². The van der Waals surface area contributed by atoms with Gasteiger partial charge in [-0.2, -0.15) is 4.31 Å². The molecular formula is C26H21N3O6S. The van der Waals surface area contributed by atoms with Crippen molar-refractivity contribution in [2.45, 2.75) is 17.4 Å². The predicted molar refractivity (Wildman–Crippen MR) is 130 cm³/mol. The molecule has 1 aromatic heterocycles. The van der Waals surface area contributed by atoms with E-state index in [0.29, 0.717) is 23.1 Å². The lowest BCUT2D eigenvalue weighted by Crippen LogP contribution is -2.46. The molecule has 4 aromatic rings. The minimum absolute atomic E-state index is 0.0314. The summed E-state index contributed by atoms with van der Waals surface area (Å²) in [5.41, 5.74) is 2.98. The lowest BCUT2D eigenvalue weighted by molar-refractivity contribution is 0.0616. The topological polar surface area (TPSA) is 110 Å². The van der Waals surface area contributed by atoms with Crippen LogP contribution in [0.1, 0.15) is 37.9 Å². The van der Waals surface area contributed by atoms with E-state index in [1.54, 1.807) is 31.3 Å². The molecule has 0 bridgehead atoms. The normalized spacial score (nSPS) is 18.0. The fourth-order valence-electron chi connectivity index (χ4n) is 5.09. The van der Waals surface area contributed by atoms with E-state index in [1.807, 2.05) is 24.3 Å². The van der Waals surface area contributed by atoms with E-state index in [2.05, 4.69) is 0 Å². The van der Waals surface area contributed by atoms with Crippen molar-refractivity contribution < 1.29 is 22.4 Å². The maximum absolute atomic E-state index is 13.9. The summed E-state index contributed by atoms with van der Waals surface area (Å²) in [6.07, 6.45) is 0.483. The maximum atomic E-state index is 13.9. The number of rotatable bonds is 4. The van der Waals surface area contributed by atoms with Crippen molar-refractivity contribution in [2.75, 3.05) is 13.1 Å². The summed E-state index contributed by atoms with van der Waals surface area (Å²) in [5, 5.41) is 0. The summed E-state index contributed by atoms with van der Waals surface area (Å²) in [6, 6.07) is 17.6. The number of aromatic nitrogens is 1. The van der Waals surface area contributed by atoms with Crippen LogP contribution in [0.3, 0.4) is 0 Å². The Morgan fingerprint density at radius 3 is 2.31 bits per heavy atom. The van der Waals surface area contributed by atoms with Crippen molar-refractivity contribution in [1.82, 2.24) is 13.8 Å². The molecule has 0 spiro atoms.